The van der Waals surface area contributed by atoms with E-state index in [2.05, 4.69) is 28.9 Å². The van der Waals surface area contributed by atoms with Crippen LogP contribution >= 0.6 is 11.3 Å². The third-order valence-corrected chi connectivity index (χ3v) is 6.12. The molecule has 1 aliphatic carbocycles. The molecular formula is C19H19N5OS. The van der Waals surface area contributed by atoms with E-state index in [1.807, 2.05) is 31.4 Å². The quantitative estimate of drug-likeness (QED) is 0.587. The molecule has 0 amide bonds. The van der Waals surface area contributed by atoms with Crippen LogP contribution in [-0.2, 0) is 12.6 Å². The molecule has 6 nitrogen and oxygen atoms in total. The molecule has 1 N–H and O–H groups in total. The van der Waals surface area contributed by atoms with Gasteiger partial charge in [-0.3, -0.25) is 4.68 Å². The number of thiazole rings is 1. The Hall–Kier alpha value is -2.38. The normalized spacial score (nSPS) is 18.3. The van der Waals surface area contributed by atoms with Gasteiger partial charge in [0, 0.05) is 30.4 Å². The summed E-state index contributed by atoms with van der Waals surface area (Å²) in [6.07, 6.45) is 5.24. The second-order valence-corrected chi connectivity index (χ2v) is 9.01. The van der Waals surface area contributed by atoms with Gasteiger partial charge in [0.05, 0.1) is 5.69 Å². The number of rotatable bonds is 2. The second kappa shape index (κ2) is 5.08. The van der Waals surface area contributed by atoms with Crippen molar-refractivity contribution in [2.45, 2.75) is 32.3 Å². The standard InChI is InChI=1S/C19H19N5OS/c1-18(2)9-19(25,10-18)17-22-14-5-4-13(21-16(14)26-17)11-6-12-8-24(3)23-15(12)20-7-11/h4-8,25H,9-10H2,1-3H3. The van der Waals surface area contributed by atoms with Crippen LogP contribution in [0.4, 0.5) is 0 Å². The average Bonchev–Trinajstić information content (AvgIpc) is 3.13. The summed E-state index contributed by atoms with van der Waals surface area (Å²) in [6, 6.07) is 5.98. The van der Waals surface area contributed by atoms with Crippen LogP contribution in [-0.4, -0.2) is 29.8 Å². The zero-order valence-corrected chi connectivity index (χ0v) is 15.7. The Balaban J connectivity index is 1.55. The lowest BCUT2D eigenvalue weighted by molar-refractivity contribution is -0.119. The molecule has 0 aliphatic heterocycles. The maximum Gasteiger partial charge on any atom is 0.181 e. The molecule has 26 heavy (non-hydrogen) atoms. The van der Waals surface area contributed by atoms with Crippen molar-refractivity contribution in [2.75, 3.05) is 0 Å². The van der Waals surface area contributed by atoms with Gasteiger partial charge >= 0.3 is 0 Å². The van der Waals surface area contributed by atoms with E-state index in [1.54, 1.807) is 10.9 Å². The van der Waals surface area contributed by atoms with E-state index < -0.39 is 5.60 Å². The molecule has 0 bridgehead atoms. The van der Waals surface area contributed by atoms with Gasteiger partial charge in [0.25, 0.3) is 0 Å². The number of aryl methyl sites for hydroxylation is 1. The van der Waals surface area contributed by atoms with E-state index in [0.29, 0.717) is 0 Å². The topological polar surface area (TPSA) is 76.7 Å². The first kappa shape index (κ1) is 15.8. The Morgan fingerprint density at radius 2 is 2.00 bits per heavy atom. The molecule has 0 spiro atoms. The molecular weight excluding hydrogens is 346 g/mol. The van der Waals surface area contributed by atoms with Gasteiger partial charge in [-0.25, -0.2) is 15.0 Å². The second-order valence-electron chi connectivity index (χ2n) is 8.03. The maximum absolute atomic E-state index is 10.8. The van der Waals surface area contributed by atoms with Gasteiger partial charge in [-0.15, -0.1) is 0 Å². The van der Waals surface area contributed by atoms with Crippen molar-refractivity contribution < 1.29 is 5.11 Å². The van der Waals surface area contributed by atoms with Crippen LogP contribution in [0.25, 0.3) is 32.6 Å². The summed E-state index contributed by atoms with van der Waals surface area (Å²) >= 11 is 1.49. The van der Waals surface area contributed by atoms with Crippen molar-refractivity contribution in [3.63, 3.8) is 0 Å². The maximum atomic E-state index is 10.8. The van der Waals surface area contributed by atoms with E-state index in [-0.39, 0.29) is 5.41 Å². The van der Waals surface area contributed by atoms with E-state index in [4.69, 9.17) is 4.98 Å². The first-order valence-corrected chi connectivity index (χ1v) is 9.43. The highest BCUT2D eigenvalue weighted by molar-refractivity contribution is 7.18. The highest BCUT2D eigenvalue weighted by atomic mass is 32.1. The number of hydrogen-bond donors (Lipinski definition) is 1. The monoisotopic (exact) mass is 365 g/mol. The van der Waals surface area contributed by atoms with Gasteiger partial charge in [-0.2, -0.15) is 5.10 Å². The van der Waals surface area contributed by atoms with Crippen molar-refractivity contribution in [1.82, 2.24) is 24.7 Å². The number of pyridine rings is 2. The molecule has 4 aromatic rings. The number of nitrogens with zero attached hydrogens (tertiary/aromatic N) is 5. The lowest BCUT2D eigenvalue weighted by Gasteiger charge is -2.48. The van der Waals surface area contributed by atoms with E-state index >= 15 is 0 Å². The zero-order chi connectivity index (χ0) is 18.1. The van der Waals surface area contributed by atoms with Crippen LogP contribution in [0.3, 0.4) is 0 Å². The minimum Gasteiger partial charge on any atom is -0.383 e. The third kappa shape index (κ3) is 2.42. The molecule has 0 aromatic carbocycles. The largest absolute Gasteiger partial charge is 0.383 e. The fraction of sp³-hybridized carbons (Fsp3) is 0.368. The summed E-state index contributed by atoms with van der Waals surface area (Å²) in [4.78, 5) is 14.7. The van der Waals surface area contributed by atoms with Gasteiger partial charge in [0.2, 0.25) is 0 Å². The molecule has 1 saturated carbocycles. The highest BCUT2D eigenvalue weighted by Gasteiger charge is 2.51. The fourth-order valence-electron chi connectivity index (χ4n) is 4.03. The highest BCUT2D eigenvalue weighted by Crippen LogP contribution is 2.54. The van der Waals surface area contributed by atoms with Crippen LogP contribution in [0.1, 0.15) is 31.7 Å². The van der Waals surface area contributed by atoms with Crippen molar-refractivity contribution in [3.05, 3.63) is 35.6 Å². The summed E-state index contributed by atoms with van der Waals surface area (Å²) < 4.78 is 1.76. The van der Waals surface area contributed by atoms with Crippen LogP contribution < -0.4 is 0 Å². The summed E-state index contributed by atoms with van der Waals surface area (Å²) in [5.41, 5.74) is 2.74. The molecule has 0 unspecified atom stereocenters. The summed E-state index contributed by atoms with van der Waals surface area (Å²) in [5, 5.41) is 16.9. The summed E-state index contributed by atoms with van der Waals surface area (Å²) in [6.45, 7) is 4.35. The number of aromatic nitrogens is 5. The molecule has 5 rings (SSSR count). The van der Waals surface area contributed by atoms with Crippen LogP contribution in [0.15, 0.2) is 30.6 Å². The SMILES string of the molecule is Cn1cc2cc(-c3ccc4nc(C5(O)CC(C)(C)C5)sc4n3)cnc2n1. The number of hydrogen-bond acceptors (Lipinski definition) is 6. The molecule has 4 aromatic heterocycles. The summed E-state index contributed by atoms with van der Waals surface area (Å²) in [7, 11) is 1.89. The molecule has 1 fully saturated rings. The molecule has 132 valence electrons. The molecule has 1 aliphatic rings. The van der Waals surface area contributed by atoms with E-state index in [1.165, 1.54) is 11.3 Å². The van der Waals surface area contributed by atoms with Gasteiger partial charge in [-0.05, 0) is 36.5 Å². The Morgan fingerprint density at radius 1 is 1.19 bits per heavy atom. The fourth-order valence-corrected chi connectivity index (χ4v) is 5.06. The van der Waals surface area contributed by atoms with Gasteiger partial charge in [-0.1, -0.05) is 25.2 Å². The van der Waals surface area contributed by atoms with Crippen LogP contribution in [0.2, 0.25) is 0 Å². The first-order valence-electron chi connectivity index (χ1n) is 8.62. The number of aliphatic hydroxyl groups is 1. The number of fused-ring (bicyclic) bond motifs is 2. The zero-order valence-electron chi connectivity index (χ0n) is 14.9. The average molecular weight is 365 g/mol. The Morgan fingerprint density at radius 3 is 2.77 bits per heavy atom. The van der Waals surface area contributed by atoms with Gasteiger partial charge in [0.1, 0.15) is 21.0 Å². The van der Waals surface area contributed by atoms with E-state index in [9.17, 15) is 5.11 Å². The molecule has 0 atom stereocenters. The predicted molar refractivity (Wildman–Crippen MR) is 102 cm³/mol. The van der Waals surface area contributed by atoms with Crippen molar-refractivity contribution in [3.8, 4) is 11.3 Å². The Kier molecular flexibility index (Phi) is 3.10. The predicted octanol–water partition coefficient (Wildman–Crippen LogP) is 3.65. The van der Waals surface area contributed by atoms with Crippen LogP contribution in [0.5, 0.6) is 0 Å². The van der Waals surface area contributed by atoms with Gasteiger partial charge in [0.15, 0.2) is 5.65 Å². The summed E-state index contributed by atoms with van der Waals surface area (Å²) in [5.74, 6) is 0. The molecule has 7 heteroatoms. The Labute approximate surface area is 154 Å². The van der Waals surface area contributed by atoms with Crippen molar-refractivity contribution >= 4 is 32.7 Å². The molecule has 0 radical (unpaired) electrons. The van der Waals surface area contributed by atoms with Crippen molar-refractivity contribution in [1.29, 1.82) is 0 Å². The molecule has 0 saturated heterocycles. The lowest BCUT2D eigenvalue weighted by Crippen LogP contribution is -2.46. The van der Waals surface area contributed by atoms with Crippen LogP contribution in [0, 0.1) is 5.41 Å². The van der Waals surface area contributed by atoms with E-state index in [0.717, 1.165) is 50.5 Å². The minimum absolute atomic E-state index is 0.177. The van der Waals surface area contributed by atoms with Gasteiger partial charge < -0.3 is 5.11 Å². The smallest absolute Gasteiger partial charge is 0.181 e. The minimum atomic E-state index is -0.800. The first-order chi connectivity index (χ1) is 12.3. The Bertz CT molecular complexity index is 1150. The third-order valence-electron chi connectivity index (χ3n) is 4.96. The molecule has 4 heterocycles. The van der Waals surface area contributed by atoms with Crippen molar-refractivity contribution in [2.24, 2.45) is 12.5 Å². The lowest BCUT2D eigenvalue weighted by atomic mass is 9.61.